The van der Waals surface area contributed by atoms with E-state index < -0.39 is 5.97 Å². The third-order valence-corrected chi connectivity index (χ3v) is 3.47. The minimum atomic E-state index is -1.05. The Kier molecular flexibility index (Phi) is 4.57. The van der Waals surface area contributed by atoms with Crippen molar-refractivity contribution in [2.24, 2.45) is 0 Å². The summed E-state index contributed by atoms with van der Waals surface area (Å²) >= 11 is 0. The maximum absolute atomic E-state index is 12.3. The van der Waals surface area contributed by atoms with Crippen LogP contribution in [0, 0.1) is 0 Å². The topological polar surface area (TPSA) is 77.9 Å². The fourth-order valence-electron chi connectivity index (χ4n) is 2.40. The first-order valence-corrected chi connectivity index (χ1v) is 6.94. The summed E-state index contributed by atoms with van der Waals surface area (Å²) in [6, 6.07) is 6.78. The van der Waals surface area contributed by atoms with E-state index in [2.05, 4.69) is 0 Å². The molecule has 0 spiro atoms. The molecule has 6 heteroatoms. The third kappa shape index (κ3) is 3.39. The molecule has 0 unspecified atom stereocenters. The van der Waals surface area contributed by atoms with Gasteiger partial charge in [-0.25, -0.2) is 0 Å². The number of likely N-dealkylation sites (N-methyl/N-ethyl adjacent to an activating group) is 1. The van der Waals surface area contributed by atoms with Crippen molar-refractivity contribution in [1.29, 1.82) is 0 Å². The average molecular weight is 290 g/mol. The van der Waals surface area contributed by atoms with Gasteiger partial charge in [-0.1, -0.05) is 6.07 Å². The van der Waals surface area contributed by atoms with Crippen LogP contribution in [0.25, 0.3) is 0 Å². The maximum Gasteiger partial charge on any atom is 0.323 e. The van der Waals surface area contributed by atoms with Gasteiger partial charge >= 0.3 is 5.97 Å². The summed E-state index contributed by atoms with van der Waals surface area (Å²) in [5.74, 6) is -1.33. The number of amides is 2. The van der Waals surface area contributed by atoms with Gasteiger partial charge in [0.25, 0.3) is 5.91 Å². The van der Waals surface area contributed by atoms with E-state index in [1.807, 2.05) is 0 Å². The molecule has 1 aromatic carbocycles. The van der Waals surface area contributed by atoms with Crippen LogP contribution < -0.4 is 4.90 Å². The first kappa shape index (κ1) is 15.0. The van der Waals surface area contributed by atoms with Crippen LogP contribution in [0.4, 0.5) is 5.69 Å². The molecule has 1 fully saturated rings. The van der Waals surface area contributed by atoms with Crippen molar-refractivity contribution in [3.8, 4) is 0 Å². The Hall–Kier alpha value is -2.37. The van der Waals surface area contributed by atoms with Crippen molar-refractivity contribution in [3.63, 3.8) is 0 Å². The molecule has 112 valence electrons. The van der Waals surface area contributed by atoms with Crippen LogP contribution in [0.5, 0.6) is 0 Å². The van der Waals surface area contributed by atoms with Gasteiger partial charge in [0, 0.05) is 30.8 Å². The van der Waals surface area contributed by atoms with Gasteiger partial charge in [-0.3, -0.25) is 14.4 Å². The SMILES string of the molecule is CCN(CC(=O)O)C(=O)c1cccc(N2CCCC2=O)c1. The molecule has 1 heterocycles. The zero-order chi connectivity index (χ0) is 15.4. The van der Waals surface area contributed by atoms with Crippen LogP contribution in [0.2, 0.25) is 0 Å². The molecule has 0 atom stereocenters. The largest absolute Gasteiger partial charge is 0.480 e. The number of nitrogens with zero attached hydrogens (tertiary/aromatic N) is 2. The molecular formula is C15H18N2O4. The Morgan fingerprint density at radius 2 is 2.14 bits per heavy atom. The molecule has 0 radical (unpaired) electrons. The zero-order valence-electron chi connectivity index (χ0n) is 11.9. The summed E-state index contributed by atoms with van der Waals surface area (Å²) in [5.41, 5.74) is 1.09. The molecule has 1 N–H and O–H groups in total. The molecule has 0 saturated carbocycles. The van der Waals surface area contributed by atoms with Crippen molar-refractivity contribution in [3.05, 3.63) is 29.8 Å². The van der Waals surface area contributed by atoms with E-state index in [1.54, 1.807) is 36.1 Å². The normalized spacial score (nSPS) is 14.3. The van der Waals surface area contributed by atoms with Crippen LogP contribution in [-0.4, -0.2) is 47.4 Å². The Labute approximate surface area is 123 Å². The highest BCUT2D eigenvalue weighted by Gasteiger charge is 2.23. The molecule has 0 aliphatic carbocycles. The van der Waals surface area contributed by atoms with Crippen LogP contribution >= 0.6 is 0 Å². The van der Waals surface area contributed by atoms with Gasteiger partial charge in [-0.15, -0.1) is 0 Å². The number of anilines is 1. The Bertz CT molecular complexity index is 571. The van der Waals surface area contributed by atoms with E-state index in [1.165, 1.54) is 4.90 Å². The fraction of sp³-hybridized carbons (Fsp3) is 0.400. The van der Waals surface area contributed by atoms with E-state index in [4.69, 9.17) is 5.11 Å². The average Bonchev–Trinajstić information content (AvgIpc) is 2.90. The van der Waals surface area contributed by atoms with Crippen molar-refractivity contribution < 1.29 is 19.5 Å². The highest BCUT2D eigenvalue weighted by Crippen LogP contribution is 2.22. The summed E-state index contributed by atoms with van der Waals surface area (Å²) in [4.78, 5) is 37.8. The van der Waals surface area contributed by atoms with E-state index in [9.17, 15) is 14.4 Å². The Balaban J connectivity index is 2.21. The lowest BCUT2D eigenvalue weighted by atomic mass is 10.1. The molecule has 2 rings (SSSR count). The second kappa shape index (κ2) is 6.39. The highest BCUT2D eigenvalue weighted by molar-refractivity contribution is 5.99. The van der Waals surface area contributed by atoms with Crippen LogP contribution in [0.15, 0.2) is 24.3 Å². The first-order chi connectivity index (χ1) is 10.0. The minimum absolute atomic E-state index is 0.0532. The molecule has 0 bridgehead atoms. The number of benzene rings is 1. The molecule has 21 heavy (non-hydrogen) atoms. The monoisotopic (exact) mass is 290 g/mol. The van der Waals surface area contributed by atoms with E-state index in [-0.39, 0.29) is 18.4 Å². The Morgan fingerprint density at radius 1 is 1.38 bits per heavy atom. The number of rotatable bonds is 5. The van der Waals surface area contributed by atoms with Crippen molar-refractivity contribution in [1.82, 2.24) is 4.90 Å². The van der Waals surface area contributed by atoms with E-state index >= 15 is 0 Å². The summed E-state index contributed by atoms with van der Waals surface area (Å²) in [6.45, 7) is 2.37. The van der Waals surface area contributed by atoms with Crippen LogP contribution in [-0.2, 0) is 9.59 Å². The maximum atomic E-state index is 12.3. The van der Waals surface area contributed by atoms with Crippen LogP contribution in [0.1, 0.15) is 30.1 Å². The summed E-state index contributed by atoms with van der Waals surface area (Å²) < 4.78 is 0. The predicted molar refractivity (Wildman–Crippen MR) is 77.2 cm³/mol. The first-order valence-electron chi connectivity index (χ1n) is 6.94. The molecule has 6 nitrogen and oxygen atoms in total. The number of carboxylic acids is 1. The second-order valence-electron chi connectivity index (χ2n) is 4.91. The molecule has 0 aromatic heterocycles. The molecular weight excluding hydrogens is 272 g/mol. The lowest BCUT2D eigenvalue weighted by Gasteiger charge is -2.20. The van der Waals surface area contributed by atoms with Gasteiger partial charge in [-0.05, 0) is 31.5 Å². The van der Waals surface area contributed by atoms with E-state index in [0.29, 0.717) is 30.8 Å². The minimum Gasteiger partial charge on any atom is -0.480 e. The number of hydrogen-bond donors (Lipinski definition) is 1. The lowest BCUT2D eigenvalue weighted by Crippen LogP contribution is -2.35. The molecule has 1 aliphatic rings. The second-order valence-corrected chi connectivity index (χ2v) is 4.91. The smallest absolute Gasteiger partial charge is 0.323 e. The molecule has 1 aliphatic heterocycles. The van der Waals surface area contributed by atoms with Crippen molar-refractivity contribution in [2.45, 2.75) is 19.8 Å². The molecule has 1 saturated heterocycles. The quantitative estimate of drug-likeness (QED) is 0.888. The number of carboxylic acid groups (broad SMARTS) is 1. The summed E-state index contributed by atoms with van der Waals surface area (Å²) in [6.07, 6.45) is 1.34. The van der Waals surface area contributed by atoms with Gasteiger partial charge in [0.05, 0.1) is 0 Å². The number of hydrogen-bond acceptors (Lipinski definition) is 3. The summed E-state index contributed by atoms with van der Waals surface area (Å²) in [7, 11) is 0. The predicted octanol–water partition coefficient (Wildman–Crippen LogP) is 1.36. The highest BCUT2D eigenvalue weighted by atomic mass is 16.4. The number of carbonyl (C=O) groups is 3. The van der Waals surface area contributed by atoms with Crippen LogP contribution in [0.3, 0.4) is 0 Å². The van der Waals surface area contributed by atoms with E-state index in [0.717, 1.165) is 6.42 Å². The van der Waals surface area contributed by atoms with Gasteiger partial charge in [-0.2, -0.15) is 0 Å². The van der Waals surface area contributed by atoms with Gasteiger partial charge in [0.1, 0.15) is 6.54 Å². The third-order valence-electron chi connectivity index (χ3n) is 3.47. The molecule has 1 aromatic rings. The van der Waals surface area contributed by atoms with Crippen molar-refractivity contribution in [2.75, 3.05) is 24.5 Å². The summed E-state index contributed by atoms with van der Waals surface area (Å²) in [5, 5.41) is 8.83. The Morgan fingerprint density at radius 3 is 2.71 bits per heavy atom. The number of aliphatic carboxylic acids is 1. The van der Waals surface area contributed by atoms with Gasteiger partial charge < -0.3 is 14.9 Å². The van der Waals surface area contributed by atoms with Crippen molar-refractivity contribution >= 4 is 23.5 Å². The van der Waals surface area contributed by atoms with Gasteiger partial charge in [0.15, 0.2) is 0 Å². The number of carbonyl (C=O) groups excluding carboxylic acids is 2. The zero-order valence-corrected chi connectivity index (χ0v) is 11.9. The fourth-order valence-corrected chi connectivity index (χ4v) is 2.40. The molecule has 2 amide bonds. The van der Waals surface area contributed by atoms with Gasteiger partial charge in [0.2, 0.25) is 5.91 Å². The standard InChI is InChI=1S/C15H18N2O4/c1-2-16(10-14(19)20)15(21)11-5-3-6-12(9-11)17-8-4-7-13(17)18/h3,5-6,9H,2,4,7-8,10H2,1H3,(H,19,20). The lowest BCUT2D eigenvalue weighted by molar-refractivity contribution is -0.137.